The summed E-state index contributed by atoms with van der Waals surface area (Å²) >= 11 is 1.22. The average Bonchev–Trinajstić information content (AvgIpc) is 2.57. The van der Waals surface area contributed by atoms with Crippen LogP contribution in [0.3, 0.4) is 0 Å². The minimum Gasteiger partial charge on any atom is -0.272 e. The van der Waals surface area contributed by atoms with Crippen molar-refractivity contribution in [3.63, 3.8) is 0 Å². The number of aryl methyl sites for hydroxylation is 2. The number of non-ortho nitro benzene ring substituents is 1. The van der Waals surface area contributed by atoms with Crippen LogP contribution in [-0.4, -0.2) is 32.5 Å². The summed E-state index contributed by atoms with van der Waals surface area (Å²) in [6.07, 6.45) is 0. The molecule has 0 bridgehead atoms. The third-order valence-electron chi connectivity index (χ3n) is 2.95. The van der Waals surface area contributed by atoms with Gasteiger partial charge in [0, 0.05) is 23.4 Å². The number of hydrogen-bond donors (Lipinski definition) is 2. The van der Waals surface area contributed by atoms with Crippen molar-refractivity contribution in [1.82, 2.24) is 20.8 Å². The smallest absolute Gasteiger partial charge is 0.269 e. The molecule has 0 spiro atoms. The van der Waals surface area contributed by atoms with Crippen molar-refractivity contribution in [2.24, 2.45) is 0 Å². The van der Waals surface area contributed by atoms with Crippen LogP contribution in [0.15, 0.2) is 35.4 Å². The number of carbonyl (C=O) groups excluding carboxylic acids is 2. The van der Waals surface area contributed by atoms with Crippen molar-refractivity contribution < 1.29 is 14.5 Å². The van der Waals surface area contributed by atoms with Crippen LogP contribution in [0.1, 0.15) is 21.9 Å². The molecule has 0 radical (unpaired) electrons. The quantitative estimate of drug-likeness (QED) is 0.358. The summed E-state index contributed by atoms with van der Waals surface area (Å²) < 4.78 is 0. The molecule has 1 aromatic carbocycles. The Kier molecular flexibility index (Phi) is 6.01. The highest BCUT2D eigenvalue weighted by molar-refractivity contribution is 7.99. The highest BCUT2D eigenvalue weighted by Gasteiger charge is 2.11. The second-order valence-corrected chi connectivity index (χ2v) is 5.99. The number of nitrogens with zero attached hydrogens (tertiary/aromatic N) is 3. The average molecular weight is 361 g/mol. The van der Waals surface area contributed by atoms with E-state index in [2.05, 4.69) is 20.8 Å². The predicted molar refractivity (Wildman–Crippen MR) is 90.9 cm³/mol. The van der Waals surface area contributed by atoms with Crippen LogP contribution in [0, 0.1) is 24.0 Å². The van der Waals surface area contributed by atoms with Crippen LogP contribution in [0.4, 0.5) is 5.69 Å². The van der Waals surface area contributed by atoms with Crippen LogP contribution in [0.5, 0.6) is 0 Å². The molecule has 2 amide bonds. The van der Waals surface area contributed by atoms with Crippen LogP contribution in [-0.2, 0) is 4.79 Å². The highest BCUT2D eigenvalue weighted by atomic mass is 32.2. The first-order valence-electron chi connectivity index (χ1n) is 7.14. The summed E-state index contributed by atoms with van der Waals surface area (Å²) in [4.78, 5) is 42.0. The second-order valence-electron chi connectivity index (χ2n) is 4.99. The van der Waals surface area contributed by atoms with E-state index in [-0.39, 0.29) is 17.0 Å². The maximum atomic E-state index is 11.9. The fraction of sp³-hybridized carbons (Fsp3) is 0.200. The number of nitrogens with one attached hydrogen (secondary N) is 2. The number of hydrogen-bond acceptors (Lipinski definition) is 7. The summed E-state index contributed by atoms with van der Waals surface area (Å²) in [5.41, 5.74) is 5.42. The van der Waals surface area contributed by atoms with Gasteiger partial charge in [-0.1, -0.05) is 11.8 Å². The summed E-state index contributed by atoms with van der Waals surface area (Å²) in [6, 6.07) is 6.81. The molecule has 9 nitrogen and oxygen atoms in total. The zero-order chi connectivity index (χ0) is 18.4. The van der Waals surface area contributed by atoms with Gasteiger partial charge in [0.25, 0.3) is 11.6 Å². The Morgan fingerprint density at radius 3 is 2.44 bits per heavy atom. The lowest BCUT2D eigenvalue weighted by Gasteiger charge is -2.07. The summed E-state index contributed by atoms with van der Waals surface area (Å²) in [5, 5.41) is 11.2. The standard InChI is InChI=1S/C15H15N5O4S/c1-9-7-14(17-10(2)16-9)25-8-13(21)18-19-15(22)11-3-5-12(6-4-11)20(23)24/h3-7H,8H2,1-2H3,(H,18,21)(H,19,22). The number of aromatic nitrogens is 2. The van der Waals surface area contributed by atoms with E-state index in [0.29, 0.717) is 10.9 Å². The SMILES string of the molecule is Cc1cc(SCC(=O)NNC(=O)c2ccc([N+](=O)[O-])cc2)nc(C)n1. The van der Waals surface area contributed by atoms with Crippen molar-refractivity contribution in [1.29, 1.82) is 0 Å². The molecule has 0 aliphatic rings. The molecule has 0 fully saturated rings. The van der Waals surface area contributed by atoms with Gasteiger partial charge in [0.15, 0.2) is 0 Å². The topological polar surface area (TPSA) is 127 Å². The molecule has 0 unspecified atom stereocenters. The zero-order valence-electron chi connectivity index (χ0n) is 13.5. The maximum absolute atomic E-state index is 11.9. The van der Waals surface area contributed by atoms with Crippen molar-refractivity contribution in [2.75, 3.05) is 5.75 Å². The molecule has 0 saturated heterocycles. The van der Waals surface area contributed by atoms with Crippen molar-refractivity contribution >= 4 is 29.3 Å². The van der Waals surface area contributed by atoms with Crippen LogP contribution >= 0.6 is 11.8 Å². The van der Waals surface area contributed by atoms with E-state index in [1.54, 1.807) is 13.0 Å². The maximum Gasteiger partial charge on any atom is 0.269 e. The van der Waals surface area contributed by atoms with E-state index in [1.807, 2.05) is 6.92 Å². The van der Waals surface area contributed by atoms with Gasteiger partial charge >= 0.3 is 0 Å². The molecule has 1 aromatic heterocycles. The van der Waals surface area contributed by atoms with Gasteiger partial charge in [-0.15, -0.1) is 0 Å². The summed E-state index contributed by atoms with van der Waals surface area (Å²) in [7, 11) is 0. The number of carbonyl (C=O) groups is 2. The van der Waals surface area contributed by atoms with Crippen LogP contribution in [0.2, 0.25) is 0 Å². The first-order valence-corrected chi connectivity index (χ1v) is 8.12. The Balaban J connectivity index is 1.82. The van der Waals surface area contributed by atoms with Crippen molar-refractivity contribution in [2.45, 2.75) is 18.9 Å². The van der Waals surface area contributed by atoms with Crippen molar-refractivity contribution in [3.8, 4) is 0 Å². The van der Waals surface area contributed by atoms with Gasteiger partial charge in [-0.25, -0.2) is 9.97 Å². The third-order valence-corrected chi connectivity index (χ3v) is 3.86. The third kappa shape index (κ3) is 5.53. The summed E-state index contributed by atoms with van der Waals surface area (Å²) in [5.74, 6) is -0.290. The Bertz CT molecular complexity index is 790. The number of rotatable bonds is 5. The molecule has 0 atom stereocenters. The van der Waals surface area contributed by atoms with Crippen LogP contribution in [0.25, 0.3) is 0 Å². The van der Waals surface area contributed by atoms with Crippen molar-refractivity contribution in [3.05, 3.63) is 57.5 Å². The van der Waals surface area contributed by atoms with E-state index in [0.717, 1.165) is 5.69 Å². The number of hydrazine groups is 1. The first-order chi connectivity index (χ1) is 11.8. The molecule has 10 heteroatoms. The lowest BCUT2D eigenvalue weighted by atomic mass is 10.2. The summed E-state index contributed by atoms with van der Waals surface area (Å²) in [6.45, 7) is 3.60. The van der Waals surface area contributed by atoms with Gasteiger partial charge < -0.3 is 0 Å². The first kappa shape index (κ1) is 18.3. The molecular formula is C15H15N5O4S. The largest absolute Gasteiger partial charge is 0.272 e. The van der Waals surface area contributed by atoms with Gasteiger partial charge in [0.1, 0.15) is 10.9 Å². The Labute approximate surface area is 147 Å². The predicted octanol–water partition coefficient (Wildman–Crippen LogP) is 1.55. The number of nitro benzene ring substituents is 1. The molecular weight excluding hydrogens is 346 g/mol. The fourth-order valence-electron chi connectivity index (χ4n) is 1.87. The number of nitro groups is 1. The minimum atomic E-state index is -0.568. The number of amides is 2. The molecule has 1 heterocycles. The van der Waals surface area contributed by atoms with Gasteiger partial charge in [0.2, 0.25) is 5.91 Å². The highest BCUT2D eigenvalue weighted by Crippen LogP contribution is 2.15. The molecule has 0 saturated carbocycles. The minimum absolute atomic E-state index is 0.0659. The fourth-order valence-corrected chi connectivity index (χ4v) is 2.67. The molecule has 25 heavy (non-hydrogen) atoms. The molecule has 2 aromatic rings. The van der Waals surface area contributed by atoms with Gasteiger partial charge in [-0.2, -0.15) is 0 Å². The van der Waals surface area contributed by atoms with E-state index < -0.39 is 16.7 Å². The van der Waals surface area contributed by atoms with Gasteiger partial charge in [-0.3, -0.25) is 30.6 Å². The molecule has 0 aliphatic heterocycles. The van der Waals surface area contributed by atoms with E-state index in [1.165, 1.54) is 36.0 Å². The van der Waals surface area contributed by atoms with E-state index in [4.69, 9.17) is 0 Å². The second kappa shape index (κ2) is 8.20. The molecule has 2 N–H and O–H groups in total. The number of thioether (sulfide) groups is 1. The van der Waals surface area contributed by atoms with E-state index >= 15 is 0 Å². The molecule has 0 aliphatic carbocycles. The number of benzene rings is 1. The Morgan fingerprint density at radius 1 is 1.16 bits per heavy atom. The van der Waals surface area contributed by atoms with Gasteiger partial charge in [-0.05, 0) is 32.0 Å². The van der Waals surface area contributed by atoms with E-state index in [9.17, 15) is 19.7 Å². The Hall–Kier alpha value is -3.01. The van der Waals surface area contributed by atoms with Gasteiger partial charge in [0.05, 0.1) is 10.7 Å². The molecule has 2 rings (SSSR count). The molecule has 130 valence electrons. The van der Waals surface area contributed by atoms with Crippen LogP contribution < -0.4 is 10.9 Å². The zero-order valence-corrected chi connectivity index (χ0v) is 14.3. The lowest BCUT2D eigenvalue weighted by molar-refractivity contribution is -0.384. The normalized spacial score (nSPS) is 10.2. The Morgan fingerprint density at radius 2 is 1.84 bits per heavy atom. The monoisotopic (exact) mass is 361 g/mol. The lowest BCUT2D eigenvalue weighted by Crippen LogP contribution is -2.42.